The molecule has 36 heavy (non-hydrogen) atoms. The molecule has 1 saturated carbocycles. The van der Waals surface area contributed by atoms with Crippen LogP contribution in [0.3, 0.4) is 0 Å². The van der Waals surface area contributed by atoms with Gasteiger partial charge in [0.2, 0.25) is 5.78 Å². The van der Waals surface area contributed by atoms with E-state index in [0.29, 0.717) is 5.56 Å². The molecule has 0 heterocycles. The van der Waals surface area contributed by atoms with Crippen molar-refractivity contribution in [2.75, 3.05) is 14.1 Å². The number of amides is 1. The summed E-state index contributed by atoms with van der Waals surface area (Å²) in [6, 6.07) is 3.13. The zero-order chi connectivity index (χ0) is 27.4. The first-order chi connectivity index (χ1) is 16.6. The van der Waals surface area contributed by atoms with Crippen LogP contribution in [0.2, 0.25) is 0 Å². The average Bonchev–Trinajstić information content (AvgIpc) is 2.75. The van der Waals surface area contributed by atoms with E-state index in [-0.39, 0.29) is 11.3 Å². The summed E-state index contributed by atoms with van der Waals surface area (Å²) in [4.78, 5) is 49.0. The molecule has 8 N–H and O–H groups in total. The van der Waals surface area contributed by atoms with Crippen LogP contribution < -0.4 is 5.73 Å². The largest absolute Gasteiger partial charge is 0.508 e. The van der Waals surface area contributed by atoms with Crippen molar-refractivity contribution >= 4 is 29.2 Å². The van der Waals surface area contributed by atoms with E-state index >= 15 is 0 Å². The molecular formula is C24H28N2O10. The van der Waals surface area contributed by atoms with Crippen molar-refractivity contribution in [1.29, 1.82) is 0 Å². The smallest absolute Gasteiger partial charge is 0.300 e. The van der Waals surface area contributed by atoms with Gasteiger partial charge in [0.1, 0.15) is 22.8 Å². The van der Waals surface area contributed by atoms with Gasteiger partial charge in [0, 0.05) is 18.4 Å². The second kappa shape index (κ2) is 9.04. The third-order valence-electron chi connectivity index (χ3n) is 6.99. The SMILES string of the molecule is CC(=O)O.C[C@H]1c2cccc(O)c2C(O)=C2C(=O)[C@]3(O)C(O)=C(C(N)=O)C(=O)[C@@H](N(C)C)[C@@H]3[C@@H](O)[C@@H]21. The number of likely N-dealkylation sites (N-methyl/N-ethyl adjacent to an activating group) is 1. The number of phenolic OH excluding ortho intramolecular Hbond substituents is 1. The molecule has 0 radical (unpaired) electrons. The molecule has 1 fully saturated rings. The monoisotopic (exact) mass is 504 g/mol. The Bertz CT molecular complexity index is 1230. The number of aliphatic hydroxyl groups excluding tert-OH is 3. The van der Waals surface area contributed by atoms with Crippen molar-refractivity contribution in [2.24, 2.45) is 17.6 Å². The number of carbonyl (C=O) groups is 4. The number of aromatic hydroxyl groups is 1. The highest BCUT2D eigenvalue weighted by molar-refractivity contribution is 6.24. The molecule has 6 atom stereocenters. The van der Waals surface area contributed by atoms with Crippen LogP contribution in [0.25, 0.3) is 5.76 Å². The summed E-state index contributed by atoms with van der Waals surface area (Å²) >= 11 is 0. The maximum atomic E-state index is 13.7. The number of primary amides is 1. The van der Waals surface area contributed by atoms with Crippen LogP contribution in [0, 0.1) is 11.8 Å². The zero-order valence-corrected chi connectivity index (χ0v) is 20.0. The van der Waals surface area contributed by atoms with E-state index < -0.39 is 81.6 Å². The molecule has 0 aliphatic heterocycles. The Morgan fingerprint density at radius 2 is 1.67 bits per heavy atom. The molecule has 194 valence electrons. The van der Waals surface area contributed by atoms with Gasteiger partial charge in [0.05, 0.1) is 23.6 Å². The molecular weight excluding hydrogens is 476 g/mol. The number of fused-ring (bicyclic) bond motifs is 3. The van der Waals surface area contributed by atoms with Gasteiger partial charge in [0.25, 0.3) is 11.9 Å². The molecule has 12 heteroatoms. The summed E-state index contributed by atoms with van der Waals surface area (Å²) in [7, 11) is 2.92. The van der Waals surface area contributed by atoms with E-state index in [9.17, 15) is 39.9 Å². The molecule has 0 bridgehead atoms. The number of carboxylic acids is 1. The number of nitrogens with two attached hydrogens (primary N) is 1. The third-order valence-corrected chi connectivity index (χ3v) is 6.99. The van der Waals surface area contributed by atoms with Crippen LogP contribution in [0.1, 0.15) is 30.9 Å². The Morgan fingerprint density at radius 3 is 2.17 bits per heavy atom. The molecule has 1 amide bonds. The zero-order valence-electron chi connectivity index (χ0n) is 20.0. The van der Waals surface area contributed by atoms with E-state index in [0.717, 1.165) is 6.92 Å². The first kappa shape index (κ1) is 26.9. The number of hydrogen-bond donors (Lipinski definition) is 7. The van der Waals surface area contributed by atoms with Gasteiger partial charge in [-0.1, -0.05) is 19.1 Å². The first-order valence-electron chi connectivity index (χ1n) is 10.9. The van der Waals surface area contributed by atoms with Gasteiger partial charge in [-0.15, -0.1) is 0 Å². The fourth-order valence-corrected chi connectivity index (χ4v) is 5.58. The van der Waals surface area contributed by atoms with Crippen molar-refractivity contribution in [3.8, 4) is 5.75 Å². The Labute approximate surface area is 205 Å². The lowest BCUT2D eigenvalue weighted by Crippen LogP contribution is -2.70. The Balaban J connectivity index is 0.000000840. The van der Waals surface area contributed by atoms with Gasteiger partial charge in [-0.25, -0.2) is 0 Å². The third kappa shape index (κ3) is 3.65. The first-order valence-corrected chi connectivity index (χ1v) is 10.9. The van der Waals surface area contributed by atoms with Crippen LogP contribution >= 0.6 is 0 Å². The molecule has 4 rings (SSSR count). The fraction of sp³-hybridized carbons (Fsp3) is 0.417. The van der Waals surface area contributed by atoms with Crippen molar-refractivity contribution in [2.45, 2.75) is 37.5 Å². The Hall–Kier alpha value is -3.74. The van der Waals surface area contributed by atoms with Crippen LogP contribution in [0.4, 0.5) is 0 Å². The number of aliphatic carboxylic acids is 1. The molecule has 12 nitrogen and oxygen atoms in total. The van der Waals surface area contributed by atoms with E-state index in [2.05, 4.69) is 0 Å². The van der Waals surface area contributed by atoms with Gasteiger partial charge in [0.15, 0.2) is 11.4 Å². The minimum Gasteiger partial charge on any atom is -0.508 e. The quantitative estimate of drug-likeness (QED) is 0.257. The molecule has 1 aromatic rings. The van der Waals surface area contributed by atoms with Gasteiger partial charge < -0.3 is 36.4 Å². The number of hydrogen-bond acceptors (Lipinski definition) is 10. The van der Waals surface area contributed by atoms with Crippen LogP contribution in [-0.2, 0) is 19.2 Å². The highest BCUT2D eigenvalue weighted by atomic mass is 16.4. The topological polar surface area (TPSA) is 219 Å². The predicted octanol–water partition coefficient (Wildman–Crippen LogP) is -0.413. The molecule has 0 saturated heterocycles. The number of carboxylic acid groups (broad SMARTS) is 1. The molecule has 3 aliphatic rings. The van der Waals surface area contributed by atoms with Crippen molar-refractivity contribution < 1.29 is 49.8 Å². The molecule has 0 aromatic heterocycles. The second-order valence-corrected chi connectivity index (χ2v) is 9.31. The number of rotatable bonds is 2. The number of Topliss-reactive ketones (excluding diaryl/α,β-unsaturated/α-hetero) is 2. The summed E-state index contributed by atoms with van der Waals surface area (Å²) < 4.78 is 0. The molecule has 3 aliphatic carbocycles. The predicted molar refractivity (Wildman–Crippen MR) is 124 cm³/mol. The maximum Gasteiger partial charge on any atom is 0.300 e. The Morgan fingerprint density at radius 1 is 1.11 bits per heavy atom. The van der Waals surface area contributed by atoms with E-state index in [1.165, 1.54) is 25.1 Å². The standard InChI is InChI=1S/C22H24N2O8.C2H4O2/c1-7-8-5-4-6-9(25)11(8)16(26)12-10(7)17(27)14-15(24(2)3)18(28)13(21(23)31)20(30)22(14,32)19(12)29;1-2(3)4/h4-7,10,14-15,17,25-27,30,32H,1-3H3,(H2,23,31);1H3,(H,3,4)/t7-,10+,14+,15-,17-,22-;/m0./s1. The lowest BCUT2D eigenvalue weighted by molar-refractivity contribution is -0.169. The number of carbonyl (C=O) groups excluding carboxylic acids is 3. The van der Waals surface area contributed by atoms with E-state index in [1.54, 1.807) is 19.1 Å². The number of phenols is 1. The second-order valence-electron chi connectivity index (χ2n) is 9.31. The highest BCUT2D eigenvalue weighted by Crippen LogP contribution is 2.55. The summed E-state index contributed by atoms with van der Waals surface area (Å²) in [6.07, 6.45) is -1.59. The van der Waals surface area contributed by atoms with Crippen LogP contribution in [-0.4, -0.2) is 90.8 Å². The summed E-state index contributed by atoms with van der Waals surface area (Å²) in [5, 5.41) is 62.3. The van der Waals surface area contributed by atoms with Gasteiger partial charge in [-0.05, 0) is 31.6 Å². The van der Waals surface area contributed by atoms with Gasteiger partial charge >= 0.3 is 0 Å². The van der Waals surface area contributed by atoms with Crippen LogP contribution in [0.15, 0.2) is 35.1 Å². The Kier molecular flexibility index (Phi) is 6.75. The lowest BCUT2D eigenvalue weighted by Gasteiger charge is -2.53. The summed E-state index contributed by atoms with van der Waals surface area (Å²) in [5.41, 5.74) is 1.47. The summed E-state index contributed by atoms with van der Waals surface area (Å²) in [6.45, 7) is 2.76. The summed E-state index contributed by atoms with van der Waals surface area (Å²) in [5.74, 6) is -9.70. The lowest BCUT2D eigenvalue weighted by atomic mass is 9.54. The van der Waals surface area contributed by atoms with Crippen molar-refractivity contribution in [3.05, 3.63) is 46.2 Å². The fourth-order valence-electron chi connectivity index (χ4n) is 5.58. The normalized spacial score (nSPS) is 31.2. The van der Waals surface area contributed by atoms with Crippen molar-refractivity contribution in [1.82, 2.24) is 4.90 Å². The highest BCUT2D eigenvalue weighted by Gasteiger charge is 2.68. The number of ketones is 2. The van der Waals surface area contributed by atoms with E-state index in [1.807, 2.05) is 0 Å². The van der Waals surface area contributed by atoms with E-state index in [4.69, 9.17) is 15.6 Å². The molecule has 0 spiro atoms. The maximum absolute atomic E-state index is 13.7. The van der Waals surface area contributed by atoms with Crippen LogP contribution in [0.5, 0.6) is 5.75 Å². The molecule has 0 unspecified atom stereocenters. The van der Waals surface area contributed by atoms with Gasteiger partial charge in [-0.3, -0.25) is 24.1 Å². The van der Waals surface area contributed by atoms with Gasteiger partial charge in [-0.2, -0.15) is 0 Å². The minimum absolute atomic E-state index is 0.0245. The van der Waals surface area contributed by atoms with Crippen molar-refractivity contribution in [3.63, 3.8) is 0 Å². The molecule has 1 aromatic carbocycles. The average molecular weight is 504 g/mol. The number of aliphatic hydroxyl groups is 4. The number of nitrogens with zero attached hydrogens (tertiary/aromatic N) is 1. The minimum atomic E-state index is -2.89. The number of benzene rings is 1.